The molecule has 176 valence electrons. The third kappa shape index (κ3) is 4.25. The van der Waals surface area contributed by atoms with Gasteiger partial charge < -0.3 is 9.80 Å². The van der Waals surface area contributed by atoms with Crippen LogP contribution in [0.1, 0.15) is 22.3 Å². The molecule has 2 aliphatic heterocycles. The first-order valence-electron chi connectivity index (χ1n) is 12.2. The number of hydrogen-bond acceptors (Lipinski definition) is 4. The van der Waals surface area contributed by atoms with Crippen molar-refractivity contribution in [2.75, 3.05) is 31.1 Å². The molecule has 1 aromatic heterocycles. The van der Waals surface area contributed by atoms with E-state index in [2.05, 4.69) is 39.1 Å². The number of halogens is 1. The van der Waals surface area contributed by atoms with Gasteiger partial charge in [0.1, 0.15) is 11.6 Å². The zero-order chi connectivity index (χ0) is 23.9. The van der Waals surface area contributed by atoms with Crippen LogP contribution in [0.25, 0.3) is 22.2 Å². The number of aryl methyl sites for hydroxylation is 1. The largest absolute Gasteiger partial charge is 0.355 e. The second-order valence-electron chi connectivity index (χ2n) is 9.86. The van der Waals surface area contributed by atoms with Gasteiger partial charge in [-0.1, -0.05) is 48.0 Å². The topological polar surface area (TPSA) is 49.3 Å². The summed E-state index contributed by atoms with van der Waals surface area (Å²) in [5.41, 5.74) is 5.17. The van der Waals surface area contributed by atoms with Crippen LogP contribution in [0.4, 0.5) is 10.2 Å². The lowest BCUT2D eigenvalue weighted by atomic mass is 9.84. The second-order valence-corrected chi connectivity index (χ2v) is 9.86. The van der Waals surface area contributed by atoms with Crippen LogP contribution in [-0.2, 0) is 0 Å². The highest BCUT2D eigenvalue weighted by molar-refractivity contribution is 6.01. The third-order valence-corrected chi connectivity index (χ3v) is 7.17. The minimum atomic E-state index is -0.306. The highest BCUT2D eigenvalue weighted by Gasteiger charge is 2.37. The Morgan fingerprint density at radius 1 is 0.914 bits per heavy atom. The molecule has 1 amide bonds. The maximum Gasteiger partial charge on any atom is 0.254 e. The lowest BCUT2D eigenvalue weighted by Crippen LogP contribution is -2.54. The maximum absolute atomic E-state index is 13.8. The van der Waals surface area contributed by atoms with Crippen molar-refractivity contribution in [3.63, 3.8) is 0 Å². The molecule has 0 N–H and O–H groups in total. The molecule has 0 radical (unpaired) electrons. The fourth-order valence-corrected chi connectivity index (χ4v) is 5.64. The molecule has 6 heteroatoms. The van der Waals surface area contributed by atoms with Gasteiger partial charge >= 0.3 is 0 Å². The molecule has 0 aliphatic carbocycles. The number of nitrogens with zero attached hydrogens (tertiary/aromatic N) is 4. The lowest BCUT2D eigenvalue weighted by Gasteiger charge is -2.46. The number of hydrogen-bond donors (Lipinski definition) is 0. The quantitative estimate of drug-likeness (QED) is 0.409. The highest BCUT2D eigenvalue weighted by atomic mass is 19.1. The Morgan fingerprint density at radius 3 is 2.46 bits per heavy atom. The van der Waals surface area contributed by atoms with Gasteiger partial charge in [0.15, 0.2) is 0 Å². The van der Waals surface area contributed by atoms with Crippen LogP contribution in [0.15, 0.2) is 72.9 Å². The van der Waals surface area contributed by atoms with E-state index >= 15 is 0 Å². The molecular weight excluding hydrogens is 439 g/mol. The summed E-state index contributed by atoms with van der Waals surface area (Å²) in [5, 5.41) is 0. The average molecular weight is 467 g/mol. The van der Waals surface area contributed by atoms with Crippen LogP contribution in [0.2, 0.25) is 0 Å². The van der Waals surface area contributed by atoms with Crippen LogP contribution in [0, 0.1) is 24.6 Å². The lowest BCUT2D eigenvalue weighted by molar-refractivity contribution is 0.0565. The van der Waals surface area contributed by atoms with Crippen LogP contribution in [-0.4, -0.2) is 47.0 Å². The van der Waals surface area contributed by atoms with Gasteiger partial charge in [0.2, 0.25) is 0 Å². The van der Waals surface area contributed by atoms with E-state index in [1.165, 1.54) is 12.1 Å². The fourth-order valence-electron chi connectivity index (χ4n) is 5.64. The summed E-state index contributed by atoms with van der Waals surface area (Å²) in [4.78, 5) is 27.2. The molecule has 0 spiro atoms. The zero-order valence-electron chi connectivity index (χ0n) is 19.7. The van der Waals surface area contributed by atoms with Gasteiger partial charge in [-0.3, -0.25) is 9.78 Å². The smallest absolute Gasteiger partial charge is 0.254 e. The molecule has 3 aromatic carbocycles. The minimum Gasteiger partial charge on any atom is -0.355 e. The molecule has 0 saturated carbocycles. The highest BCUT2D eigenvalue weighted by Crippen LogP contribution is 2.33. The standard InChI is InChI=1S/C29H27FN4O/c1-19-7-9-24(22-5-3-2-4-6-22)25(11-19)29(35)34-17-20-12-21(18-34)16-33(15-20)28-14-31-26-10-8-23(30)13-27(26)32-28/h2-11,13-14,20-21H,12,15-18H2,1H3. The molecule has 2 bridgehead atoms. The van der Waals surface area contributed by atoms with Crippen LogP contribution in [0.5, 0.6) is 0 Å². The average Bonchev–Trinajstić information content (AvgIpc) is 2.87. The number of aromatic nitrogens is 2. The summed E-state index contributed by atoms with van der Waals surface area (Å²) in [7, 11) is 0. The van der Waals surface area contributed by atoms with Gasteiger partial charge in [0.25, 0.3) is 5.91 Å². The first-order chi connectivity index (χ1) is 17.0. The molecule has 2 unspecified atom stereocenters. The molecule has 3 heterocycles. The Kier molecular flexibility index (Phi) is 5.44. The van der Waals surface area contributed by atoms with Crippen molar-refractivity contribution in [3.8, 4) is 11.1 Å². The molecule has 2 atom stereocenters. The van der Waals surface area contributed by atoms with Gasteiger partial charge in [0.05, 0.1) is 17.2 Å². The van der Waals surface area contributed by atoms with E-state index < -0.39 is 0 Å². The summed E-state index contributed by atoms with van der Waals surface area (Å²) in [6.07, 6.45) is 2.89. The van der Waals surface area contributed by atoms with Gasteiger partial charge in [0, 0.05) is 37.8 Å². The third-order valence-electron chi connectivity index (χ3n) is 7.17. The fraction of sp³-hybridized carbons (Fsp3) is 0.276. The number of benzene rings is 3. The normalized spacial score (nSPS) is 19.7. The number of fused-ring (bicyclic) bond motifs is 3. The number of carbonyl (C=O) groups excluding carboxylic acids is 1. The van der Waals surface area contributed by atoms with Gasteiger partial charge in [-0.15, -0.1) is 0 Å². The van der Waals surface area contributed by atoms with E-state index in [0.717, 1.165) is 60.7 Å². The molecule has 6 rings (SSSR count). The van der Waals surface area contributed by atoms with Crippen LogP contribution >= 0.6 is 0 Å². The van der Waals surface area contributed by atoms with Crippen molar-refractivity contribution < 1.29 is 9.18 Å². The number of amides is 1. The van der Waals surface area contributed by atoms with E-state index in [1.807, 2.05) is 36.1 Å². The predicted octanol–water partition coefficient (Wildman–Crippen LogP) is 5.34. The van der Waals surface area contributed by atoms with Crippen molar-refractivity contribution in [2.24, 2.45) is 11.8 Å². The molecule has 5 nitrogen and oxygen atoms in total. The van der Waals surface area contributed by atoms with E-state index in [-0.39, 0.29) is 11.7 Å². The molecule has 2 aliphatic rings. The maximum atomic E-state index is 13.8. The molecule has 2 fully saturated rings. The van der Waals surface area contributed by atoms with Crippen molar-refractivity contribution in [1.29, 1.82) is 0 Å². The summed E-state index contributed by atoms with van der Waals surface area (Å²) in [6, 6.07) is 20.8. The Hall–Kier alpha value is -3.80. The molecule has 4 aromatic rings. The monoisotopic (exact) mass is 466 g/mol. The minimum absolute atomic E-state index is 0.108. The summed E-state index contributed by atoms with van der Waals surface area (Å²) >= 11 is 0. The summed E-state index contributed by atoms with van der Waals surface area (Å²) < 4.78 is 13.7. The van der Waals surface area contributed by atoms with Crippen molar-refractivity contribution >= 4 is 22.8 Å². The number of carbonyl (C=O) groups is 1. The summed E-state index contributed by atoms with van der Waals surface area (Å²) in [5.74, 6) is 1.31. The number of rotatable bonds is 3. The molecular formula is C29H27FN4O. The van der Waals surface area contributed by atoms with E-state index in [4.69, 9.17) is 0 Å². The Balaban J connectivity index is 1.23. The van der Waals surface area contributed by atoms with Crippen LogP contribution < -0.4 is 4.90 Å². The first-order valence-corrected chi connectivity index (χ1v) is 12.2. The van der Waals surface area contributed by atoms with Crippen molar-refractivity contribution in [1.82, 2.24) is 14.9 Å². The van der Waals surface area contributed by atoms with E-state index in [0.29, 0.717) is 22.9 Å². The molecule has 2 saturated heterocycles. The molecule has 35 heavy (non-hydrogen) atoms. The van der Waals surface area contributed by atoms with Gasteiger partial charge in [-0.05, 0) is 54.5 Å². The summed E-state index contributed by atoms with van der Waals surface area (Å²) in [6.45, 7) is 5.11. The van der Waals surface area contributed by atoms with E-state index in [9.17, 15) is 9.18 Å². The van der Waals surface area contributed by atoms with Crippen LogP contribution in [0.3, 0.4) is 0 Å². The van der Waals surface area contributed by atoms with Crippen molar-refractivity contribution in [2.45, 2.75) is 13.3 Å². The SMILES string of the molecule is Cc1ccc(-c2ccccc2)c(C(=O)N2CC3CC(C2)CN(c2cnc4ccc(F)cc4n2)C3)c1. The Morgan fingerprint density at radius 2 is 1.69 bits per heavy atom. The zero-order valence-corrected chi connectivity index (χ0v) is 19.7. The Bertz CT molecular complexity index is 1390. The number of anilines is 1. The van der Waals surface area contributed by atoms with Gasteiger partial charge in [-0.2, -0.15) is 0 Å². The number of piperidine rings is 2. The Labute approximate surface area is 204 Å². The first kappa shape index (κ1) is 21.7. The van der Waals surface area contributed by atoms with Gasteiger partial charge in [-0.25, -0.2) is 9.37 Å². The van der Waals surface area contributed by atoms with E-state index in [1.54, 1.807) is 12.3 Å². The number of likely N-dealkylation sites (tertiary alicyclic amines) is 1. The predicted molar refractivity (Wildman–Crippen MR) is 136 cm³/mol. The van der Waals surface area contributed by atoms with Crippen molar-refractivity contribution in [3.05, 3.63) is 89.9 Å². The second kappa shape index (κ2) is 8.77.